The zero-order valence-corrected chi connectivity index (χ0v) is 13.3. The highest BCUT2D eigenvalue weighted by atomic mass is 16.5. The average molecular weight is 288 g/mol. The zero-order chi connectivity index (χ0) is 14.7. The summed E-state index contributed by atoms with van der Waals surface area (Å²) >= 11 is 0. The minimum atomic E-state index is 0.410. The van der Waals surface area contributed by atoms with Crippen molar-refractivity contribution >= 4 is 5.69 Å². The lowest BCUT2D eigenvalue weighted by Gasteiger charge is -2.37. The van der Waals surface area contributed by atoms with Gasteiger partial charge in [-0.1, -0.05) is 25.1 Å². The van der Waals surface area contributed by atoms with Gasteiger partial charge in [0.05, 0.1) is 12.2 Å². The van der Waals surface area contributed by atoms with E-state index in [1.54, 1.807) is 0 Å². The Morgan fingerprint density at radius 2 is 2.10 bits per heavy atom. The highest BCUT2D eigenvalue weighted by Gasteiger charge is 2.28. The van der Waals surface area contributed by atoms with Crippen molar-refractivity contribution < 1.29 is 4.74 Å². The van der Waals surface area contributed by atoms with Crippen LogP contribution in [-0.2, 0) is 4.74 Å². The molecule has 2 aliphatic heterocycles. The van der Waals surface area contributed by atoms with Gasteiger partial charge >= 0.3 is 0 Å². The molecule has 3 nitrogen and oxygen atoms in total. The molecular formula is C18H28N2O. The molecule has 0 aromatic heterocycles. The summed E-state index contributed by atoms with van der Waals surface area (Å²) in [6, 6.07) is 9.39. The number of para-hydroxylation sites is 1. The van der Waals surface area contributed by atoms with Crippen molar-refractivity contribution in [3.63, 3.8) is 0 Å². The smallest absolute Gasteiger partial charge is 0.0754 e. The first-order chi connectivity index (χ1) is 10.3. The average Bonchev–Trinajstić information content (AvgIpc) is 2.92. The SMILES string of the molecule is CCCNC1CCN(CC2CCC(C)O2)c2ccccc21. The summed E-state index contributed by atoms with van der Waals surface area (Å²) in [5, 5.41) is 3.69. The molecule has 2 aliphatic rings. The van der Waals surface area contributed by atoms with E-state index >= 15 is 0 Å². The van der Waals surface area contributed by atoms with E-state index in [-0.39, 0.29) is 0 Å². The molecule has 21 heavy (non-hydrogen) atoms. The molecule has 1 aromatic carbocycles. The van der Waals surface area contributed by atoms with E-state index in [2.05, 4.69) is 48.3 Å². The fraction of sp³-hybridized carbons (Fsp3) is 0.667. The van der Waals surface area contributed by atoms with Gasteiger partial charge in [-0.25, -0.2) is 0 Å². The van der Waals surface area contributed by atoms with Gasteiger partial charge in [0, 0.05) is 24.8 Å². The van der Waals surface area contributed by atoms with Gasteiger partial charge < -0.3 is 15.0 Å². The lowest BCUT2D eigenvalue weighted by molar-refractivity contribution is 0.0597. The third-order valence-electron chi connectivity index (χ3n) is 4.73. The Bertz CT molecular complexity index is 462. The molecule has 0 saturated carbocycles. The molecule has 1 fully saturated rings. The Labute approximate surface area is 128 Å². The summed E-state index contributed by atoms with van der Waals surface area (Å²) in [6.45, 7) is 7.69. The Hall–Kier alpha value is -1.06. The summed E-state index contributed by atoms with van der Waals surface area (Å²) in [4.78, 5) is 2.53. The topological polar surface area (TPSA) is 24.5 Å². The van der Waals surface area contributed by atoms with Gasteiger partial charge in [0.1, 0.15) is 0 Å². The molecule has 1 aromatic rings. The Kier molecular flexibility index (Phi) is 4.81. The van der Waals surface area contributed by atoms with Gasteiger partial charge in [-0.05, 0) is 50.8 Å². The van der Waals surface area contributed by atoms with Crippen molar-refractivity contribution in [1.82, 2.24) is 5.32 Å². The summed E-state index contributed by atoms with van der Waals surface area (Å²) in [7, 11) is 0. The van der Waals surface area contributed by atoms with Gasteiger partial charge in [0.2, 0.25) is 0 Å². The third-order valence-corrected chi connectivity index (χ3v) is 4.73. The van der Waals surface area contributed by atoms with Crippen molar-refractivity contribution in [2.75, 3.05) is 24.5 Å². The van der Waals surface area contributed by atoms with Crippen LogP contribution in [-0.4, -0.2) is 31.8 Å². The molecule has 0 amide bonds. The predicted molar refractivity (Wildman–Crippen MR) is 87.9 cm³/mol. The number of hydrogen-bond donors (Lipinski definition) is 1. The fourth-order valence-corrected chi connectivity index (χ4v) is 3.62. The highest BCUT2D eigenvalue weighted by molar-refractivity contribution is 5.57. The predicted octanol–water partition coefficient (Wildman–Crippen LogP) is 3.50. The molecule has 2 heterocycles. The molecule has 3 unspecified atom stereocenters. The van der Waals surface area contributed by atoms with Crippen LogP contribution in [0, 0.1) is 0 Å². The minimum Gasteiger partial charge on any atom is -0.373 e. The molecule has 1 N–H and O–H groups in total. The molecule has 0 radical (unpaired) electrons. The first kappa shape index (κ1) is 14.9. The van der Waals surface area contributed by atoms with Crippen LogP contribution in [0.4, 0.5) is 5.69 Å². The number of anilines is 1. The summed E-state index contributed by atoms with van der Waals surface area (Å²) < 4.78 is 6.01. The number of nitrogens with zero attached hydrogens (tertiary/aromatic N) is 1. The van der Waals surface area contributed by atoms with Crippen molar-refractivity contribution in [3.05, 3.63) is 29.8 Å². The van der Waals surface area contributed by atoms with Crippen LogP contribution in [0.3, 0.4) is 0 Å². The molecular weight excluding hydrogens is 260 g/mol. The number of benzene rings is 1. The van der Waals surface area contributed by atoms with E-state index in [0.717, 1.165) is 19.6 Å². The normalized spacial score (nSPS) is 28.7. The maximum atomic E-state index is 6.01. The molecule has 0 bridgehead atoms. The van der Waals surface area contributed by atoms with Crippen molar-refractivity contribution in [2.45, 2.75) is 57.8 Å². The fourth-order valence-electron chi connectivity index (χ4n) is 3.62. The van der Waals surface area contributed by atoms with Gasteiger partial charge in [0.15, 0.2) is 0 Å². The molecule has 3 rings (SSSR count). The molecule has 116 valence electrons. The van der Waals surface area contributed by atoms with Crippen molar-refractivity contribution in [2.24, 2.45) is 0 Å². The quantitative estimate of drug-likeness (QED) is 0.897. The summed E-state index contributed by atoms with van der Waals surface area (Å²) in [5.74, 6) is 0. The zero-order valence-electron chi connectivity index (χ0n) is 13.3. The maximum absolute atomic E-state index is 6.01. The summed E-state index contributed by atoms with van der Waals surface area (Å²) in [6.07, 6.45) is 5.65. The number of nitrogens with one attached hydrogen (secondary N) is 1. The second-order valence-corrected chi connectivity index (χ2v) is 6.45. The van der Waals surface area contributed by atoms with Crippen LogP contribution >= 0.6 is 0 Å². The Balaban J connectivity index is 1.71. The Morgan fingerprint density at radius 1 is 1.24 bits per heavy atom. The van der Waals surface area contributed by atoms with Crippen molar-refractivity contribution in [1.29, 1.82) is 0 Å². The van der Waals surface area contributed by atoms with E-state index in [1.807, 2.05) is 0 Å². The maximum Gasteiger partial charge on any atom is 0.0754 e. The molecule has 0 spiro atoms. The second kappa shape index (κ2) is 6.80. The minimum absolute atomic E-state index is 0.410. The standard InChI is InChI=1S/C18H28N2O/c1-3-11-19-17-10-12-20(13-15-9-8-14(2)21-15)18-7-5-4-6-16(17)18/h4-7,14-15,17,19H,3,8-13H2,1-2H3. The molecule has 1 saturated heterocycles. The van der Waals surface area contributed by atoms with Crippen LogP contribution in [0.1, 0.15) is 51.1 Å². The van der Waals surface area contributed by atoms with E-state index in [0.29, 0.717) is 18.2 Å². The van der Waals surface area contributed by atoms with Gasteiger partial charge in [-0.2, -0.15) is 0 Å². The monoisotopic (exact) mass is 288 g/mol. The lowest BCUT2D eigenvalue weighted by Crippen LogP contribution is -2.40. The number of ether oxygens (including phenoxy) is 1. The highest BCUT2D eigenvalue weighted by Crippen LogP contribution is 2.34. The third kappa shape index (κ3) is 3.41. The van der Waals surface area contributed by atoms with E-state index in [9.17, 15) is 0 Å². The van der Waals surface area contributed by atoms with Gasteiger partial charge in [0.25, 0.3) is 0 Å². The van der Waals surface area contributed by atoms with E-state index in [4.69, 9.17) is 4.74 Å². The molecule has 3 atom stereocenters. The molecule has 0 aliphatic carbocycles. The van der Waals surface area contributed by atoms with Crippen LogP contribution in [0.15, 0.2) is 24.3 Å². The van der Waals surface area contributed by atoms with E-state index < -0.39 is 0 Å². The van der Waals surface area contributed by atoms with Gasteiger partial charge in [-0.3, -0.25) is 0 Å². The first-order valence-corrected chi connectivity index (χ1v) is 8.50. The Morgan fingerprint density at radius 3 is 2.86 bits per heavy atom. The van der Waals surface area contributed by atoms with Crippen LogP contribution in [0.25, 0.3) is 0 Å². The number of fused-ring (bicyclic) bond motifs is 1. The summed E-state index contributed by atoms with van der Waals surface area (Å²) in [5.41, 5.74) is 2.86. The van der Waals surface area contributed by atoms with Crippen LogP contribution in [0.2, 0.25) is 0 Å². The number of rotatable bonds is 5. The van der Waals surface area contributed by atoms with E-state index in [1.165, 1.54) is 36.9 Å². The molecule has 3 heteroatoms. The second-order valence-electron chi connectivity index (χ2n) is 6.45. The van der Waals surface area contributed by atoms with Crippen LogP contribution in [0.5, 0.6) is 0 Å². The first-order valence-electron chi connectivity index (χ1n) is 8.50. The number of hydrogen-bond acceptors (Lipinski definition) is 3. The van der Waals surface area contributed by atoms with Gasteiger partial charge in [-0.15, -0.1) is 0 Å². The van der Waals surface area contributed by atoms with Crippen molar-refractivity contribution in [3.8, 4) is 0 Å². The largest absolute Gasteiger partial charge is 0.373 e. The van der Waals surface area contributed by atoms with Crippen LogP contribution < -0.4 is 10.2 Å². The lowest BCUT2D eigenvalue weighted by atomic mass is 9.95.